The summed E-state index contributed by atoms with van der Waals surface area (Å²) < 4.78 is 24.0. The maximum absolute atomic E-state index is 12.1. The van der Waals surface area contributed by atoms with Crippen LogP contribution in [0.1, 0.15) is 44.5 Å². The first kappa shape index (κ1) is 19.2. The molecule has 0 radical (unpaired) electrons. The summed E-state index contributed by atoms with van der Waals surface area (Å²) >= 11 is 0. The van der Waals surface area contributed by atoms with Gasteiger partial charge < -0.3 is 10.4 Å². The minimum Gasteiger partial charge on any atom is -0.480 e. The number of carbonyl (C=O) groups excluding carboxylic acids is 1. The molecule has 23 heavy (non-hydrogen) atoms. The Kier molecular flexibility index (Phi) is 6.32. The van der Waals surface area contributed by atoms with E-state index >= 15 is 0 Å². The highest BCUT2D eigenvalue weighted by Gasteiger charge is 2.23. The maximum atomic E-state index is 12.1. The van der Waals surface area contributed by atoms with Crippen LogP contribution in [0.15, 0.2) is 29.2 Å². The molecule has 7 heteroatoms. The minimum atomic E-state index is -3.40. The maximum Gasteiger partial charge on any atom is 0.326 e. The van der Waals surface area contributed by atoms with E-state index in [2.05, 4.69) is 5.32 Å². The number of sulfone groups is 1. The van der Waals surface area contributed by atoms with Crippen molar-refractivity contribution in [1.29, 1.82) is 0 Å². The first-order valence-corrected chi connectivity index (χ1v) is 8.98. The summed E-state index contributed by atoms with van der Waals surface area (Å²) in [6.45, 7) is 6.90. The summed E-state index contributed by atoms with van der Waals surface area (Å²) in [5, 5.41) is 11.0. The Morgan fingerprint density at radius 3 is 2.00 bits per heavy atom. The van der Waals surface area contributed by atoms with E-state index in [1.165, 1.54) is 24.3 Å². The van der Waals surface area contributed by atoms with Crippen LogP contribution < -0.4 is 5.32 Å². The summed E-state index contributed by atoms with van der Waals surface area (Å²) in [6.07, 6.45) is 0.320. The van der Waals surface area contributed by atoms with Gasteiger partial charge in [-0.3, -0.25) is 4.79 Å². The first-order valence-electron chi connectivity index (χ1n) is 7.43. The van der Waals surface area contributed by atoms with Crippen LogP contribution in [0.2, 0.25) is 0 Å². The van der Waals surface area contributed by atoms with Crippen molar-refractivity contribution in [1.82, 2.24) is 5.32 Å². The average molecular weight is 341 g/mol. The van der Waals surface area contributed by atoms with Crippen molar-refractivity contribution in [2.75, 3.05) is 0 Å². The fourth-order valence-corrected chi connectivity index (χ4v) is 3.06. The smallest absolute Gasteiger partial charge is 0.326 e. The van der Waals surface area contributed by atoms with E-state index in [1.807, 2.05) is 13.8 Å². The van der Waals surface area contributed by atoms with Crippen LogP contribution in [-0.4, -0.2) is 36.7 Å². The Morgan fingerprint density at radius 2 is 1.61 bits per heavy atom. The molecule has 6 nitrogen and oxygen atoms in total. The Bertz CT molecular complexity index is 662. The van der Waals surface area contributed by atoms with Crippen LogP contribution in [0.25, 0.3) is 0 Å². The summed E-state index contributed by atoms with van der Waals surface area (Å²) in [7, 11) is -3.40. The van der Waals surface area contributed by atoms with Crippen molar-refractivity contribution in [3.63, 3.8) is 0 Å². The molecule has 0 fully saturated rings. The average Bonchev–Trinajstić information content (AvgIpc) is 2.45. The second-order valence-electron chi connectivity index (χ2n) is 6.11. The van der Waals surface area contributed by atoms with E-state index in [-0.39, 0.29) is 16.4 Å². The van der Waals surface area contributed by atoms with Gasteiger partial charge in [-0.25, -0.2) is 13.2 Å². The Hall–Kier alpha value is -1.89. The number of aliphatic carboxylic acids is 1. The predicted molar refractivity (Wildman–Crippen MR) is 87.1 cm³/mol. The largest absolute Gasteiger partial charge is 0.480 e. The molecule has 128 valence electrons. The zero-order valence-corrected chi connectivity index (χ0v) is 14.6. The van der Waals surface area contributed by atoms with Crippen molar-refractivity contribution >= 4 is 21.7 Å². The molecule has 0 aliphatic carbocycles. The lowest BCUT2D eigenvalue weighted by molar-refractivity contribution is -0.139. The van der Waals surface area contributed by atoms with Crippen molar-refractivity contribution in [2.24, 2.45) is 5.92 Å². The van der Waals surface area contributed by atoms with Crippen LogP contribution >= 0.6 is 0 Å². The van der Waals surface area contributed by atoms with Gasteiger partial charge in [-0.1, -0.05) is 13.8 Å². The number of carbonyl (C=O) groups is 2. The third-order valence-electron chi connectivity index (χ3n) is 3.38. The van der Waals surface area contributed by atoms with Crippen LogP contribution in [-0.2, 0) is 14.6 Å². The zero-order valence-electron chi connectivity index (χ0n) is 13.7. The standard InChI is InChI=1S/C16H23NO5S/c1-10(2)9-14(16(19)20)17-15(18)12-5-7-13(8-6-12)23(21,22)11(3)4/h5-8,10-11,14H,9H2,1-4H3,(H,17,18)(H,19,20)/t14-/m1/s1. The van der Waals surface area contributed by atoms with Gasteiger partial charge in [0.25, 0.3) is 5.91 Å². The van der Waals surface area contributed by atoms with Gasteiger partial charge in [0.1, 0.15) is 6.04 Å². The molecule has 0 saturated carbocycles. The molecule has 0 aliphatic heterocycles. The Morgan fingerprint density at radius 1 is 1.09 bits per heavy atom. The van der Waals surface area contributed by atoms with Gasteiger partial charge in [-0.05, 0) is 50.5 Å². The van der Waals surface area contributed by atoms with Gasteiger partial charge >= 0.3 is 5.97 Å². The summed E-state index contributed by atoms with van der Waals surface area (Å²) in [4.78, 5) is 23.4. The highest BCUT2D eigenvalue weighted by atomic mass is 32.2. The van der Waals surface area contributed by atoms with Crippen molar-refractivity contribution in [3.8, 4) is 0 Å². The van der Waals surface area contributed by atoms with E-state index in [0.29, 0.717) is 6.42 Å². The van der Waals surface area contributed by atoms with Gasteiger partial charge in [-0.2, -0.15) is 0 Å². The lowest BCUT2D eigenvalue weighted by atomic mass is 10.0. The third kappa shape index (κ3) is 5.06. The van der Waals surface area contributed by atoms with Crippen LogP contribution in [0.5, 0.6) is 0 Å². The molecule has 0 aromatic heterocycles. The Labute approximate surface area is 136 Å². The lowest BCUT2D eigenvalue weighted by Crippen LogP contribution is -2.41. The molecule has 1 amide bonds. The van der Waals surface area contributed by atoms with Crippen molar-refractivity contribution < 1.29 is 23.1 Å². The molecule has 0 heterocycles. The van der Waals surface area contributed by atoms with Gasteiger partial charge in [-0.15, -0.1) is 0 Å². The molecule has 1 aromatic carbocycles. The Balaban J connectivity index is 2.91. The molecular weight excluding hydrogens is 318 g/mol. The highest BCUT2D eigenvalue weighted by molar-refractivity contribution is 7.92. The van der Waals surface area contributed by atoms with E-state index in [4.69, 9.17) is 5.11 Å². The van der Waals surface area contributed by atoms with Gasteiger partial charge in [0.2, 0.25) is 0 Å². The molecule has 0 saturated heterocycles. The molecule has 1 rings (SSSR count). The minimum absolute atomic E-state index is 0.120. The topological polar surface area (TPSA) is 101 Å². The second-order valence-corrected chi connectivity index (χ2v) is 8.62. The first-order chi connectivity index (χ1) is 10.6. The van der Waals surface area contributed by atoms with Crippen molar-refractivity contribution in [3.05, 3.63) is 29.8 Å². The fraction of sp³-hybridized carbons (Fsp3) is 0.500. The molecule has 0 bridgehead atoms. The monoisotopic (exact) mass is 341 g/mol. The number of amides is 1. The number of nitrogens with one attached hydrogen (secondary N) is 1. The molecule has 1 atom stereocenters. The summed E-state index contributed by atoms with van der Waals surface area (Å²) in [5.74, 6) is -1.51. The summed E-state index contributed by atoms with van der Waals surface area (Å²) in [6, 6.07) is 4.53. The molecule has 0 unspecified atom stereocenters. The fourth-order valence-electron chi connectivity index (χ4n) is 2.00. The molecule has 1 aromatic rings. The predicted octanol–water partition coefficient (Wildman–Crippen LogP) is 2.10. The van der Waals surface area contributed by atoms with E-state index in [1.54, 1.807) is 13.8 Å². The number of hydrogen-bond donors (Lipinski definition) is 2. The van der Waals surface area contributed by atoms with E-state index < -0.39 is 33.0 Å². The van der Waals surface area contributed by atoms with Crippen LogP contribution in [0.4, 0.5) is 0 Å². The molecule has 0 spiro atoms. The van der Waals surface area contributed by atoms with Gasteiger partial charge in [0, 0.05) is 5.56 Å². The number of hydrogen-bond acceptors (Lipinski definition) is 4. The third-order valence-corrected chi connectivity index (χ3v) is 5.55. The van der Waals surface area contributed by atoms with Gasteiger partial charge in [0.05, 0.1) is 10.1 Å². The second kappa shape index (κ2) is 7.59. The normalized spacial score (nSPS) is 13.1. The van der Waals surface area contributed by atoms with Gasteiger partial charge in [0.15, 0.2) is 9.84 Å². The van der Waals surface area contributed by atoms with E-state index in [0.717, 1.165) is 0 Å². The summed E-state index contributed by atoms with van der Waals surface area (Å²) in [5.41, 5.74) is 0.225. The number of rotatable bonds is 7. The molecule has 0 aliphatic rings. The van der Waals surface area contributed by atoms with Crippen LogP contribution in [0.3, 0.4) is 0 Å². The molecular formula is C16H23NO5S. The number of benzene rings is 1. The quantitative estimate of drug-likeness (QED) is 0.791. The SMILES string of the molecule is CC(C)C[C@@H](NC(=O)c1ccc(S(=O)(=O)C(C)C)cc1)C(=O)O. The van der Waals surface area contributed by atoms with Crippen LogP contribution in [0, 0.1) is 5.92 Å². The highest BCUT2D eigenvalue weighted by Crippen LogP contribution is 2.16. The van der Waals surface area contributed by atoms with E-state index in [9.17, 15) is 18.0 Å². The zero-order chi connectivity index (χ0) is 17.8. The number of carboxylic acids is 1. The van der Waals surface area contributed by atoms with Crippen molar-refractivity contribution in [2.45, 2.75) is 50.3 Å². The lowest BCUT2D eigenvalue weighted by Gasteiger charge is -2.16. The molecule has 2 N–H and O–H groups in total. The number of carboxylic acid groups (broad SMARTS) is 1.